The van der Waals surface area contributed by atoms with E-state index in [0.29, 0.717) is 6.54 Å². The molecule has 0 bridgehead atoms. The maximum atomic E-state index is 12.3. The minimum atomic E-state index is -0.723. The van der Waals surface area contributed by atoms with Crippen LogP contribution in [0.25, 0.3) is 10.1 Å². The Hall–Kier alpha value is -2.71. The van der Waals surface area contributed by atoms with Crippen molar-refractivity contribution < 1.29 is 14.7 Å². The number of hydrogen-bond donors (Lipinski definition) is 3. The first-order valence-electron chi connectivity index (χ1n) is 7.90. The highest BCUT2D eigenvalue weighted by molar-refractivity contribution is 7.19. The first kappa shape index (κ1) is 15.8. The Labute approximate surface area is 147 Å². The Bertz CT molecular complexity index is 929. The molecule has 2 aromatic heterocycles. The van der Waals surface area contributed by atoms with Gasteiger partial charge >= 0.3 is 0 Å². The molecule has 8 heteroatoms. The summed E-state index contributed by atoms with van der Waals surface area (Å²) in [7, 11) is 0. The summed E-state index contributed by atoms with van der Waals surface area (Å²) in [5.41, 5.74) is 0.448. The van der Waals surface area contributed by atoms with Gasteiger partial charge in [0.05, 0.1) is 19.2 Å². The van der Waals surface area contributed by atoms with Gasteiger partial charge in [0.25, 0.3) is 11.8 Å². The number of aromatic nitrogens is 2. The van der Waals surface area contributed by atoms with Crippen LogP contribution < -0.4 is 10.6 Å². The third-order valence-electron chi connectivity index (χ3n) is 4.03. The third-order valence-corrected chi connectivity index (χ3v) is 5.14. The van der Waals surface area contributed by atoms with E-state index in [2.05, 4.69) is 15.7 Å². The van der Waals surface area contributed by atoms with Gasteiger partial charge in [0, 0.05) is 22.2 Å². The van der Waals surface area contributed by atoms with Crippen LogP contribution in [0.15, 0.2) is 36.4 Å². The summed E-state index contributed by atoms with van der Waals surface area (Å²) in [6.07, 6.45) is -0.723. The highest BCUT2D eigenvalue weighted by Crippen LogP contribution is 2.25. The molecule has 3 N–H and O–H groups in total. The zero-order valence-corrected chi connectivity index (χ0v) is 14.0. The van der Waals surface area contributed by atoms with E-state index in [1.165, 1.54) is 15.4 Å². The van der Waals surface area contributed by atoms with Crippen LogP contribution in [0.1, 0.15) is 25.9 Å². The van der Waals surface area contributed by atoms with Crippen molar-refractivity contribution in [2.24, 2.45) is 0 Å². The lowest BCUT2D eigenvalue weighted by molar-refractivity contribution is 0.0931. The number of rotatable bonds is 3. The van der Waals surface area contributed by atoms with Crippen LogP contribution in [0.3, 0.4) is 0 Å². The number of carbonyl (C=O) groups is 2. The summed E-state index contributed by atoms with van der Waals surface area (Å²) in [6, 6.07) is 11.5. The minimum Gasteiger partial charge on any atom is -0.389 e. The third kappa shape index (κ3) is 3.13. The van der Waals surface area contributed by atoms with E-state index in [0.717, 1.165) is 10.3 Å². The molecule has 4 rings (SSSR count). The van der Waals surface area contributed by atoms with Crippen molar-refractivity contribution in [2.75, 3.05) is 6.54 Å². The van der Waals surface area contributed by atoms with E-state index < -0.39 is 6.10 Å². The van der Waals surface area contributed by atoms with Crippen molar-refractivity contribution in [2.45, 2.75) is 19.2 Å². The fourth-order valence-corrected chi connectivity index (χ4v) is 3.80. The van der Waals surface area contributed by atoms with E-state index >= 15 is 0 Å². The lowest BCUT2D eigenvalue weighted by Gasteiger charge is -2.06. The maximum Gasteiger partial charge on any atom is 0.272 e. The summed E-state index contributed by atoms with van der Waals surface area (Å²) in [4.78, 5) is 25.3. The van der Waals surface area contributed by atoms with Crippen LogP contribution in [0, 0.1) is 0 Å². The lowest BCUT2D eigenvalue weighted by Crippen LogP contribution is -2.30. The van der Waals surface area contributed by atoms with Gasteiger partial charge in [-0.3, -0.25) is 14.3 Å². The molecule has 0 saturated carbocycles. The van der Waals surface area contributed by atoms with Crippen LogP contribution >= 0.6 is 11.3 Å². The van der Waals surface area contributed by atoms with E-state index in [-0.39, 0.29) is 36.3 Å². The first-order chi connectivity index (χ1) is 12.1. The zero-order valence-electron chi connectivity index (χ0n) is 13.2. The highest BCUT2D eigenvalue weighted by Gasteiger charge is 2.24. The lowest BCUT2D eigenvalue weighted by atomic mass is 10.2. The van der Waals surface area contributed by atoms with Gasteiger partial charge in [-0.05, 0) is 17.5 Å². The molecule has 1 aromatic carbocycles. The molecule has 0 unspecified atom stereocenters. The number of nitrogens with zero attached hydrogens (tertiary/aromatic N) is 2. The summed E-state index contributed by atoms with van der Waals surface area (Å²) >= 11 is 1.63. The van der Waals surface area contributed by atoms with Crippen LogP contribution in [-0.2, 0) is 13.1 Å². The molecule has 7 nitrogen and oxygen atoms in total. The second kappa shape index (κ2) is 6.30. The number of aliphatic hydroxyl groups excluding tert-OH is 1. The monoisotopic (exact) mass is 356 g/mol. The molecular weight excluding hydrogens is 340 g/mol. The molecule has 3 heterocycles. The Balaban J connectivity index is 1.49. The van der Waals surface area contributed by atoms with Gasteiger partial charge in [-0.1, -0.05) is 18.2 Å². The number of hydrogen-bond acceptors (Lipinski definition) is 5. The molecule has 128 valence electrons. The van der Waals surface area contributed by atoms with Crippen molar-refractivity contribution >= 4 is 33.2 Å². The number of carbonyl (C=O) groups excluding carboxylic acids is 2. The quantitative estimate of drug-likeness (QED) is 0.655. The maximum absolute atomic E-state index is 12.3. The topological polar surface area (TPSA) is 96.2 Å². The largest absolute Gasteiger partial charge is 0.389 e. The Morgan fingerprint density at radius 2 is 2.24 bits per heavy atom. The van der Waals surface area contributed by atoms with Gasteiger partial charge in [0.2, 0.25) is 0 Å². The molecule has 25 heavy (non-hydrogen) atoms. The van der Waals surface area contributed by atoms with E-state index in [4.69, 9.17) is 0 Å². The molecule has 0 spiro atoms. The number of aliphatic hydroxyl groups is 1. The Kier molecular flexibility index (Phi) is 3.98. The summed E-state index contributed by atoms with van der Waals surface area (Å²) in [5, 5.41) is 20.5. The second-order valence-corrected chi connectivity index (χ2v) is 7.06. The predicted octanol–water partition coefficient (Wildman–Crippen LogP) is 1.13. The number of thiophene rings is 1. The van der Waals surface area contributed by atoms with Gasteiger partial charge in [0.1, 0.15) is 5.69 Å². The molecule has 0 aliphatic carbocycles. The summed E-state index contributed by atoms with van der Waals surface area (Å²) in [5.74, 6) is -0.687. The fourth-order valence-electron chi connectivity index (χ4n) is 2.80. The Morgan fingerprint density at radius 1 is 1.40 bits per heavy atom. The van der Waals surface area contributed by atoms with Crippen molar-refractivity contribution in [1.29, 1.82) is 0 Å². The van der Waals surface area contributed by atoms with Crippen molar-refractivity contribution in [1.82, 2.24) is 20.4 Å². The molecule has 0 saturated heterocycles. The van der Waals surface area contributed by atoms with E-state index in [1.807, 2.05) is 30.3 Å². The Morgan fingerprint density at radius 3 is 3.08 bits per heavy atom. The molecule has 0 fully saturated rings. The standard InChI is InChI=1S/C17H16N4O3S/c22-11-7-18-17(24)14-6-13(20-21(14)9-11)16(23)19-8-12-5-10-3-1-2-4-15(10)25-12/h1-6,11,22H,7-9H2,(H,18,24)(H,19,23)/t11-/m0/s1. The molecule has 1 aliphatic heterocycles. The SMILES string of the molecule is O=C(NCc1cc2ccccc2s1)c1cc2n(n1)C[C@@H](O)CNC2=O. The zero-order chi connectivity index (χ0) is 17.4. The normalized spacial score (nSPS) is 17.0. The smallest absolute Gasteiger partial charge is 0.272 e. The van der Waals surface area contributed by atoms with Gasteiger partial charge in [-0.25, -0.2) is 0 Å². The van der Waals surface area contributed by atoms with Crippen LogP contribution in [0.5, 0.6) is 0 Å². The number of fused-ring (bicyclic) bond motifs is 2. The fraction of sp³-hybridized carbons (Fsp3) is 0.235. The van der Waals surface area contributed by atoms with Crippen molar-refractivity contribution in [3.8, 4) is 0 Å². The van der Waals surface area contributed by atoms with Crippen molar-refractivity contribution in [3.05, 3.63) is 52.7 Å². The number of amides is 2. The van der Waals surface area contributed by atoms with Crippen LogP contribution in [0.2, 0.25) is 0 Å². The van der Waals surface area contributed by atoms with Crippen molar-refractivity contribution in [3.63, 3.8) is 0 Å². The number of nitrogens with one attached hydrogen (secondary N) is 2. The number of β-amino-alcohol motifs (C(OH)–C–C–N with tert-alkyl or cyclic N) is 1. The molecule has 2 amide bonds. The average molecular weight is 356 g/mol. The molecule has 3 aromatic rings. The second-order valence-electron chi connectivity index (χ2n) is 5.89. The minimum absolute atomic E-state index is 0.167. The number of benzene rings is 1. The molecule has 0 radical (unpaired) electrons. The van der Waals surface area contributed by atoms with Crippen LogP contribution in [-0.4, -0.2) is 39.4 Å². The van der Waals surface area contributed by atoms with Gasteiger partial charge in [-0.15, -0.1) is 11.3 Å². The molecule has 1 aliphatic rings. The summed E-state index contributed by atoms with van der Waals surface area (Å²) in [6.45, 7) is 0.753. The highest BCUT2D eigenvalue weighted by atomic mass is 32.1. The predicted molar refractivity (Wildman–Crippen MR) is 93.6 cm³/mol. The summed E-state index contributed by atoms with van der Waals surface area (Å²) < 4.78 is 2.55. The van der Waals surface area contributed by atoms with E-state index in [9.17, 15) is 14.7 Å². The van der Waals surface area contributed by atoms with Gasteiger partial charge < -0.3 is 15.7 Å². The van der Waals surface area contributed by atoms with Gasteiger partial charge in [-0.2, -0.15) is 5.10 Å². The first-order valence-corrected chi connectivity index (χ1v) is 8.71. The molecular formula is C17H16N4O3S. The van der Waals surface area contributed by atoms with Gasteiger partial charge in [0.15, 0.2) is 5.69 Å². The average Bonchev–Trinajstić information content (AvgIpc) is 3.18. The van der Waals surface area contributed by atoms with Crippen LogP contribution in [0.4, 0.5) is 0 Å². The molecule has 1 atom stereocenters. The van der Waals surface area contributed by atoms with E-state index in [1.54, 1.807) is 11.3 Å².